The summed E-state index contributed by atoms with van der Waals surface area (Å²) in [6.45, 7) is 7.06. The van der Waals surface area contributed by atoms with Crippen molar-refractivity contribution < 1.29 is 0 Å². The molecule has 0 aliphatic heterocycles. The molecule has 0 heteroatoms. The normalized spacial score (nSPS) is 11.9. The van der Waals surface area contributed by atoms with E-state index in [0.717, 1.165) is 6.42 Å². The van der Waals surface area contributed by atoms with Crippen molar-refractivity contribution in [3.05, 3.63) is 103 Å². The van der Waals surface area contributed by atoms with Crippen LogP contribution in [0.2, 0.25) is 0 Å². The van der Waals surface area contributed by atoms with Crippen molar-refractivity contribution in [1.29, 1.82) is 0 Å². The van der Waals surface area contributed by atoms with E-state index < -0.39 is 0 Å². The zero-order valence-corrected chi connectivity index (χ0v) is 16.1. The molecule has 27 heavy (non-hydrogen) atoms. The third-order valence-corrected chi connectivity index (χ3v) is 5.81. The highest BCUT2D eigenvalue weighted by molar-refractivity contribution is 5.85. The Morgan fingerprint density at radius 3 is 1.59 bits per heavy atom. The second kappa shape index (κ2) is 7.56. The van der Waals surface area contributed by atoms with Crippen molar-refractivity contribution in [2.45, 2.75) is 38.0 Å². The molecule has 4 aromatic carbocycles. The second-order valence-electron chi connectivity index (χ2n) is 7.66. The lowest BCUT2D eigenvalue weighted by Gasteiger charge is -2.32. The van der Waals surface area contributed by atoms with Gasteiger partial charge in [0.2, 0.25) is 0 Å². The van der Waals surface area contributed by atoms with Crippen LogP contribution in [-0.2, 0) is 5.41 Å². The third-order valence-electron chi connectivity index (χ3n) is 5.81. The van der Waals surface area contributed by atoms with Gasteiger partial charge in [0.05, 0.1) is 0 Å². The van der Waals surface area contributed by atoms with Gasteiger partial charge in [-0.25, -0.2) is 0 Å². The molecule has 0 saturated heterocycles. The van der Waals surface area contributed by atoms with Gasteiger partial charge < -0.3 is 0 Å². The smallest absolute Gasteiger partial charge is 0.0203 e. The fraction of sp³-hybridized carbons (Fsp3) is 0.222. The maximum absolute atomic E-state index is 4.80. The van der Waals surface area contributed by atoms with E-state index in [9.17, 15) is 0 Å². The fourth-order valence-electron chi connectivity index (χ4n) is 4.11. The number of unbranched alkanes of at least 4 members (excludes halogenated alkanes) is 2. The molecule has 135 valence electrons. The van der Waals surface area contributed by atoms with Crippen LogP contribution in [0.3, 0.4) is 0 Å². The summed E-state index contributed by atoms with van der Waals surface area (Å²) in [4.78, 5) is 0. The molecule has 4 rings (SSSR count). The maximum Gasteiger partial charge on any atom is 0.0203 e. The highest BCUT2D eigenvalue weighted by Gasteiger charge is 2.29. The van der Waals surface area contributed by atoms with Gasteiger partial charge in [-0.2, -0.15) is 0 Å². The Balaban J connectivity index is 1.83. The topological polar surface area (TPSA) is 0 Å². The van der Waals surface area contributed by atoms with Crippen molar-refractivity contribution in [3.8, 4) is 0 Å². The van der Waals surface area contributed by atoms with Crippen LogP contribution in [0.5, 0.6) is 0 Å². The SMILES string of the molecule is [CH2]C(CCCCC)(c1ccc2ccccc2c1)c1ccc2ccccc2c1. The fourth-order valence-corrected chi connectivity index (χ4v) is 4.11. The molecule has 0 fully saturated rings. The van der Waals surface area contributed by atoms with Crippen LogP contribution < -0.4 is 0 Å². The summed E-state index contributed by atoms with van der Waals surface area (Å²) < 4.78 is 0. The molecular formula is C27H27. The van der Waals surface area contributed by atoms with E-state index >= 15 is 0 Å². The summed E-state index contributed by atoms with van der Waals surface area (Å²) in [7, 11) is 0. The van der Waals surface area contributed by atoms with Crippen LogP contribution in [-0.4, -0.2) is 0 Å². The van der Waals surface area contributed by atoms with Crippen LogP contribution in [0.15, 0.2) is 84.9 Å². The van der Waals surface area contributed by atoms with Crippen LogP contribution in [0.1, 0.15) is 43.7 Å². The lowest BCUT2D eigenvalue weighted by Crippen LogP contribution is -2.24. The predicted molar refractivity (Wildman–Crippen MR) is 118 cm³/mol. The van der Waals surface area contributed by atoms with Crippen LogP contribution in [0.4, 0.5) is 0 Å². The van der Waals surface area contributed by atoms with Gasteiger partial charge in [0, 0.05) is 5.41 Å². The average Bonchev–Trinajstić information content (AvgIpc) is 2.73. The van der Waals surface area contributed by atoms with Crippen LogP contribution in [0, 0.1) is 6.92 Å². The Labute approximate surface area is 162 Å². The maximum atomic E-state index is 4.80. The van der Waals surface area contributed by atoms with Gasteiger partial charge in [0.1, 0.15) is 0 Å². The van der Waals surface area contributed by atoms with Crippen LogP contribution in [0.25, 0.3) is 21.5 Å². The van der Waals surface area contributed by atoms with E-state index in [0.29, 0.717) is 0 Å². The minimum absolute atomic E-state index is 0.219. The minimum atomic E-state index is -0.219. The molecule has 0 aromatic heterocycles. The third kappa shape index (κ3) is 3.49. The van der Waals surface area contributed by atoms with Crippen molar-refractivity contribution in [2.24, 2.45) is 0 Å². The van der Waals surface area contributed by atoms with E-state index in [1.165, 1.54) is 51.9 Å². The zero-order valence-electron chi connectivity index (χ0n) is 16.1. The first-order chi connectivity index (χ1) is 13.2. The molecule has 0 heterocycles. The van der Waals surface area contributed by atoms with Gasteiger partial charge in [-0.05, 0) is 46.0 Å². The highest BCUT2D eigenvalue weighted by Crippen LogP contribution is 2.39. The van der Waals surface area contributed by atoms with Gasteiger partial charge in [0.25, 0.3) is 0 Å². The molecule has 0 aliphatic carbocycles. The molecule has 0 saturated carbocycles. The molecule has 0 bridgehead atoms. The van der Waals surface area contributed by atoms with Gasteiger partial charge in [-0.15, -0.1) is 0 Å². The van der Waals surface area contributed by atoms with E-state index in [1.54, 1.807) is 0 Å². The van der Waals surface area contributed by atoms with Crippen molar-refractivity contribution >= 4 is 21.5 Å². The second-order valence-corrected chi connectivity index (χ2v) is 7.66. The zero-order chi connectivity index (χ0) is 18.7. The Morgan fingerprint density at radius 2 is 1.11 bits per heavy atom. The first-order valence-corrected chi connectivity index (χ1v) is 10.0. The van der Waals surface area contributed by atoms with Crippen molar-refractivity contribution in [1.82, 2.24) is 0 Å². The lowest BCUT2D eigenvalue weighted by molar-refractivity contribution is 0.527. The number of fused-ring (bicyclic) bond motifs is 2. The number of hydrogen-bond acceptors (Lipinski definition) is 0. The van der Waals surface area contributed by atoms with Crippen molar-refractivity contribution in [3.63, 3.8) is 0 Å². The summed E-state index contributed by atoms with van der Waals surface area (Å²) in [5.74, 6) is 0. The van der Waals surface area contributed by atoms with Crippen molar-refractivity contribution in [2.75, 3.05) is 0 Å². The molecule has 0 N–H and O–H groups in total. The van der Waals surface area contributed by atoms with Crippen LogP contribution >= 0.6 is 0 Å². The molecule has 0 unspecified atom stereocenters. The standard InChI is InChI=1S/C27H27/c1-3-4-9-18-27(2,25-16-14-21-10-5-7-12-23(21)19-25)26-17-15-22-11-6-8-13-24(22)20-26/h5-8,10-17,19-20H,2-4,9,18H2,1H3. The van der Waals surface area contributed by atoms with E-state index in [-0.39, 0.29) is 5.41 Å². The predicted octanol–water partition coefficient (Wildman–Crippen LogP) is 7.69. The van der Waals surface area contributed by atoms with E-state index in [4.69, 9.17) is 6.92 Å². The van der Waals surface area contributed by atoms with E-state index in [2.05, 4.69) is 91.9 Å². The lowest BCUT2D eigenvalue weighted by atomic mass is 9.72. The van der Waals surface area contributed by atoms with Gasteiger partial charge >= 0.3 is 0 Å². The molecular weight excluding hydrogens is 324 g/mol. The molecule has 0 spiro atoms. The largest absolute Gasteiger partial charge is 0.0654 e. The first kappa shape index (κ1) is 17.8. The first-order valence-electron chi connectivity index (χ1n) is 10.0. The highest BCUT2D eigenvalue weighted by atomic mass is 14.3. The summed E-state index contributed by atoms with van der Waals surface area (Å²) >= 11 is 0. The Bertz CT molecular complexity index is 978. The monoisotopic (exact) mass is 351 g/mol. The summed E-state index contributed by atoms with van der Waals surface area (Å²) in [6, 6.07) is 30.9. The molecule has 4 aromatic rings. The number of rotatable bonds is 6. The summed E-state index contributed by atoms with van der Waals surface area (Å²) in [5, 5.41) is 5.16. The minimum Gasteiger partial charge on any atom is -0.0654 e. The molecule has 0 aliphatic rings. The molecule has 0 nitrogen and oxygen atoms in total. The Hall–Kier alpha value is -2.60. The molecule has 1 radical (unpaired) electrons. The molecule has 0 amide bonds. The Morgan fingerprint density at radius 1 is 0.630 bits per heavy atom. The average molecular weight is 352 g/mol. The van der Waals surface area contributed by atoms with E-state index in [1.807, 2.05) is 0 Å². The quantitative estimate of drug-likeness (QED) is 0.312. The molecule has 0 atom stereocenters. The number of benzene rings is 4. The summed E-state index contributed by atoms with van der Waals surface area (Å²) in [6.07, 6.45) is 4.74. The number of hydrogen-bond donors (Lipinski definition) is 0. The van der Waals surface area contributed by atoms with Gasteiger partial charge in [-0.3, -0.25) is 0 Å². The van der Waals surface area contributed by atoms with Gasteiger partial charge in [-0.1, -0.05) is 111 Å². The Kier molecular flexibility index (Phi) is 4.99. The summed E-state index contributed by atoms with van der Waals surface area (Å²) in [5.41, 5.74) is 2.41. The van der Waals surface area contributed by atoms with Gasteiger partial charge in [0.15, 0.2) is 0 Å².